The number of carbonyl (C=O) groups is 3. The number of methoxy groups -OCH3 is 1. The molecule has 16 heteroatoms. The summed E-state index contributed by atoms with van der Waals surface area (Å²) in [4.78, 5) is 38.7. The molecule has 3 saturated carbocycles. The second-order valence-corrected chi connectivity index (χ2v) is 15.1. The van der Waals surface area contributed by atoms with Gasteiger partial charge in [0.15, 0.2) is 11.6 Å². The molecular weight excluding hydrogens is 638 g/mol. The zero-order chi connectivity index (χ0) is 33.6. The van der Waals surface area contributed by atoms with Gasteiger partial charge in [0.05, 0.1) is 30.1 Å². The Kier molecular flexibility index (Phi) is 9.53. The summed E-state index contributed by atoms with van der Waals surface area (Å²) in [5.74, 6) is -3.79. The maximum atomic E-state index is 15.0. The van der Waals surface area contributed by atoms with Gasteiger partial charge in [-0.1, -0.05) is 0 Å². The highest BCUT2D eigenvalue weighted by atomic mass is 32.2. The Morgan fingerprint density at radius 2 is 1.70 bits per heavy atom. The van der Waals surface area contributed by atoms with Gasteiger partial charge in [0, 0.05) is 31.2 Å². The molecule has 11 nitrogen and oxygen atoms in total. The van der Waals surface area contributed by atoms with Crippen LogP contribution in [0.15, 0.2) is 12.1 Å². The van der Waals surface area contributed by atoms with Gasteiger partial charge in [-0.05, 0) is 82.6 Å². The van der Waals surface area contributed by atoms with E-state index in [-0.39, 0.29) is 41.9 Å². The van der Waals surface area contributed by atoms with Crippen LogP contribution < -0.4 is 20.1 Å². The number of benzene rings is 1. The van der Waals surface area contributed by atoms with E-state index in [1.165, 1.54) is 13.2 Å². The highest BCUT2D eigenvalue weighted by molar-refractivity contribution is 7.90. The number of sulfonamides is 1. The molecule has 3 aliphatic carbocycles. The van der Waals surface area contributed by atoms with Crippen molar-refractivity contribution in [3.8, 4) is 11.5 Å². The Balaban J connectivity index is 1.28. The van der Waals surface area contributed by atoms with Gasteiger partial charge in [-0.15, -0.1) is 0 Å². The number of carboxylic acid groups (broad SMARTS) is 1. The average Bonchev–Trinajstić information content (AvgIpc) is 3.60. The van der Waals surface area contributed by atoms with Crippen LogP contribution in [0.1, 0.15) is 75.1 Å². The molecule has 2 amide bonds. The van der Waals surface area contributed by atoms with Crippen LogP contribution >= 0.6 is 0 Å². The second kappa shape index (κ2) is 12.8. The molecule has 1 heterocycles. The quantitative estimate of drug-likeness (QED) is 0.334. The van der Waals surface area contributed by atoms with E-state index in [2.05, 4.69) is 10.6 Å². The number of ether oxygens (including phenoxy) is 2. The summed E-state index contributed by atoms with van der Waals surface area (Å²) in [6, 6.07) is 0.826. The molecule has 1 aromatic rings. The van der Waals surface area contributed by atoms with E-state index in [1.807, 2.05) is 0 Å². The van der Waals surface area contributed by atoms with E-state index in [9.17, 15) is 41.1 Å². The first-order chi connectivity index (χ1) is 21.5. The minimum absolute atomic E-state index is 0.0210. The monoisotopic (exact) mass is 677 g/mol. The molecule has 4 aliphatic rings. The van der Waals surface area contributed by atoms with Gasteiger partial charge in [-0.25, -0.2) is 12.8 Å². The molecule has 2 bridgehead atoms. The summed E-state index contributed by atoms with van der Waals surface area (Å²) in [5.41, 5.74) is -6.35. The van der Waals surface area contributed by atoms with E-state index in [1.54, 1.807) is 6.92 Å². The summed E-state index contributed by atoms with van der Waals surface area (Å²) in [6.07, 6.45) is 3.62. The lowest BCUT2D eigenvalue weighted by Crippen LogP contribution is -2.56. The van der Waals surface area contributed by atoms with Gasteiger partial charge >= 0.3 is 21.5 Å². The number of nitrogens with zero attached hydrogens (tertiary/aromatic N) is 1. The molecule has 256 valence electrons. The van der Waals surface area contributed by atoms with Crippen LogP contribution in [0.2, 0.25) is 0 Å². The summed E-state index contributed by atoms with van der Waals surface area (Å²) in [6.45, 7) is 0.861. The Hall–Kier alpha value is -3.14. The molecule has 1 aromatic carbocycles. The maximum absolute atomic E-state index is 15.0. The van der Waals surface area contributed by atoms with Crippen molar-refractivity contribution >= 4 is 27.8 Å². The Labute approximate surface area is 264 Å². The van der Waals surface area contributed by atoms with Crippen molar-refractivity contribution in [2.45, 2.75) is 88.4 Å². The van der Waals surface area contributed by atoms with Crippen molar-refractivity contribution in [2.75, 3.05) is 20.2 Å². The summed E-state index contributed by atoms with van der Waals surface area (Å²) < 4.78 is 89.8. The molecule has 1 saturated heterocycles. The van der Waals surface area contributed by atoms with Crippen LogP contribution in [0.4, 0.5) is 17.6 Å². The molecule has 0 unspecified atom stereocenters. The van der Waals surface area contributed by atoms with Gasteiger partial charge in [0.25, 0.3) is 5.91 Å². The van der Waals surface area contributed by atoms with E-state index in [0.29, 0.717) is 42.8 Å². The summed E-state index contributed by atoms with van der Waals surface area (Å²) >= 11 is 0. The fourth-order valence-electron chi connectivity index (χ4n) is 7.54. The molecule has 5 atom stereocenters. The molecule has 5 rings (SSSR count). The van der Waals surface area contributed by atoms with Gasteiger partial charge in [0.1, 0.15) is 5.75 Å². The van der Waals surface area contributed by atoms with E-state index in [4.69, 9.17) is 9.47 Å². The molecular formula is C30H39F4N3O8S. The smallest absolute Gasteiger partial charge is 0.496 e. The largest absolute Gasteiger partial charge is 0.511 e. The molecule has 0 radical (unpaired) electrons. The van der Waals surface area contributed by atoms with E-state index in [0.717, 1.165) is 18.9 Å². The van der Waals surface area contributed by atoms with E-state index >= 15 is 4.39 Å². The predicted molar refractivity (Wildman–Crippen MR) is 155 cm³/mol. The fraction of sp³-hybridized carbons (Fsp3) is 0.700. The average molecular weight is 678 g/mol. The molecule has 0 spiro atoms. The number of halogens is 4. The lowest BCUT2D eigenvalue weighted by Gasteiger charge is -2.35. The zero-order valence-electron chi connectivity index (χ0n) is 25.6. The van der Waals surface area contributed by atoms with Crippen LogP contribution in [0, 0.1) is 29.0 Å². The van der Waals surface area contributed by atoms with Crippen LogP contribution in [-0.2, 0) is 19.6 Å². The summed E-state index contributed by atoms with van der Waals surface area (Å²) in [7, 11) is -4.25. The molecule has 1 aliphatic heterocycles. The van der Waals surface area contributed by atoms with Gasteiger partial charge in [-0.2, -0.15) is 17.5 Å². The molecule has 4 fully saturated rings. The topological polar surface area (TPSA) is 151 Å². The zero-order valence-corrected chi connectivity index (χ0v) is 26.4. The first-order valence-electron chi connectivity index (χ1n) is 15.5. The molecule has 46 heavy (non-hydrogen) atoms. The fourth-order valence-corrected chi connectivity index (χ4v) is 8.58. The predicted octanol–water partition coefficient (Wildman–Crippen LogP) is 3.82. The lowest BCUT2D eigenvalue weighted by molar-refractivity contribution is -0.150. The highest BCUT2D eigenvalue weighted by Crippen LogP contribution is 2.49. The maximum Gasteiger partial charge on any atom is 0.511 e. The number of hydrogen-bond acceptors (Lipinski definition) is 7. The number of alkyl halides is 3. The number of aliphatic carboxylic acids is 1. The van der Waals surface area contributed by atoms with Crippen molar-refractivity contribution in [3.63, 3.8) is 0 Å². The third-order valence-corrected chi connectivity index (χ3v) is 11.8. The third-order valence-electron chi connectivity index (χ3n) is 10.2. The number of piperidine rings is 1. The van der Waals surface area contributed by atoms with Crippen LogP contribution in [0.25, 0.3) is 0 Å². The van der Waals surface area contributed by atoms with Gasteiger partial charge in [0.2, 0.25) is 5.91 Å². The minimum Gasteiger partial charge on any atom is -0.496 e. The first kappa shape index (κ1) is 34.2. The normalized spacial score (nSPS) is 31.7. The highest BCUT2D eigenvalue weighted by Gasteiger charge is 2.53. The number of rotatable bonds is 9. The van der Waals surface area contributed by atoms with E-state index < -0.39 is 75.2 Å². The minimum atomic E-state index is -5.53. The second-order valence-electron chi connectivity index (χ2n) is 13.2. The first-order valence-corrected chi connectivity index (χ1v) is 16.9. The molecule has 0 aromatic heterocycles. The number of hydrogen-bond donors (Lipinski definition) is 3. The van der Waals surface area contributed by atoms with Crippen molar-refractivity contribution in [1.82, 2.24) is 14.9 Å². The Morgan fingerprint density at radius 1 is 1.02 bits per heavy atom. The number of carboxylic acids is 1. The Morgan fingerprint density at radius 3 is 2.33 bits per heavy atom. The third kappa shape index (κ3) is 6.64. The standard InChI is InChI=1S/C30H39F4N3O8S/c1-29(28(40)41)9-7-19(8-10-29)45-23-13-20(22(44-2)14-21(23)31)26(38)36-25-17-6-5-16(12-17)24(25)27(39)35-18-4-3-11-37(15-18)46(42,43)30(32,33)34/h13-14,16-19,24-25H,3-12,15H2,1-2H3,(H,35,39)(H,36,38)(H,40,41)/t16-,17+,18+,19?,24+,25-,29?/m1/s1. The van der Waals surface area contributed by atoms with Crippen molar-refractivity contribution in [3.05, 3.63) is 23.5 Å². The SMILES string of the molecule is COc1cc(F)c(OC2CCC(C)(C(=O)O)CC2)cc1C(=O)N[C@@H]1[C@H]2CC[C@H](C2)[C@@H]1C(=O)N[C@H]1CCCN(S(=O)(=O)C(F)(F)F)C1. The summed E-state index contributed by atoms with van der Waals surface area (Å²) in [5, 5.41) is 15.1. The number of carbonyl (C=O) groups excluding carboxylic acids is 2. The van der Waals surface area contributed by atoms with Crippen LogP contribution in [0.5, 0.6) is 11.5 Å². The van der Waals surface area contributed by atoms with Crippen molar-refractivity contribution in [1.29, 1.82) is 0 Å². The van der Waals surface area contributed by atoms with Crippen molar-refractivity contribution < 1.29 is 54.9 Å². The molecule has 3 N–H and O–H groups in total. The van der Waals surface area contributed by atoms with Crippen LogP contribution in [-0.4, -0.2) is 79.5 Å². The Bertz CT molecular complexity index is 1460. The number of amides is 2. The van der Waals surface area contributed by atoms with Gasteiger partial charge in [-0.3, -0.25) is 14.4 Å². The number of fused-ring (bicyclic) bond motifs is 2. The van der Waals surface area contributed by atoms with Crippen LogP contribution in [0.3, 0.4) is 0 Å². The van der Waals surface area contributed by atoms with Crippen molar-refractivity contribution in [2.24, 2.45) is 23.2 Å². The number of nitrogens with one attached hydrogen (secondary N) is 2. The lowest BCUT2D eigenvalue weighted by atomic mass is 9.75. The van der Waals surface area contributed by atoms with Gasteiger partial charge < -0.3 is 25.2 Å².